The predicted molar refractivity (Wildman–Crippen MR) is 121 cm³/mol. The van der Waals surface area contributed by atoms with E-state index < -0.39 is 0 Å². The summed E-state index contributed by atoms with van der Waals surface area (Å²) in [5, 5.41) is 4.48. The second kappa shape index (κ2) is 8.53. The van der Waals surface area contributed by atoms with Crippen LogP contribution in [-0.2, 0) is 0 Å². The number of methoxy groups -OCH3 is 2. The number of nitrogens with zero attached hydrogens (tertiary/aromatic N) is 3. The number of hydrogen-bond acceptors (Lipinski definition) is 8. The minimum Gasteiger partial charge on any atom is -0.495 e. The van der Waals surface area contributed by atoms with E-state index in [1.54, 1.807) is 19.2 Å². The molecule has 0 unspecified atom stereocenters. The van der Waals surface area contributed by atoms with Crippen LogP contribution in [0.5, 0.6) is 23.1 Å². The summed E-state index contributed by atoms with van der Waals surface area (Å²) in [6, 6.07) is 12.9. The molecule has 0 aliphatic rings. The van der Waals surface area contributed by atoms with Gasteiger partial charge in [0.25, 0.3) is 0 Å². The number of aromatic nitrogens is 3. The molecule has 0 aliphatic carbocycles. The van der Waals surface area contributed by atoms with Gasteiger partial charge in [-0.25, -0.2) is 9.97 Å². The van der Waals surface area contributed by atoms with Gasteiger partial charge in [0.2, 0.25) is 5.88 Å². The summed E-state index contributed by atoms with van der Waals surface area (Å²) in [5.74, 6) is 2.08. The first-order valence-corrected chi connectivity index (χ1v) is 9.71. The Labute approximate surface area is 184 Å². The number of nitrogen functional groups attached to an aromatic ring is 1. The maximum absolute atomic E-state index is 6.31. The van der Waals surface area contributed by atoms with Crippen molar-refractivity contribution in [2.24, 2.45) is 0 Å². The second-order valence-electron chi connectivity index (χ2n) is 6.64. The van der Waals surface area contributed by atoms with Gasteiger partial charge in [-0.3, -0.25) is 0 Å². The van der Waals surface area contributed by atoms with Gasteiger partial charge in [0, 0.05) is 17.1 Å². The van der Waals surface area contributed by atoms with Gasteiger partial charge < -0.3 is 25.3 Å². The molecule has 9 heteroatoms. The van der Waals surface area contributed by atoms with Gasteiger partial charge in [0.1, 0.15) is 29.0 Å². The van der Waals surface area contributed by atoms with Gasteiger partial charge >= 0.3 is 0 Å². The van der Waals surface area contributed by atoms with Crippen LogP contribution in [0.25, 0.3) is 10.9 Å². The number of hydrogen-bond donors (Lipinski definition) is 2. The van der Waals surface area contributed by atoms with Crippen LogP contribution in [0.1, 0.15) is 5.69 Å². The SMILES string of the molecule is COc1cc(OC)c(Nc2ncnc(Oc3cccc4ccc(C)nc34)c2N)cc1Cl. The highest BCUT2D eigenvalue weighted by molar-refractivity contribution is 6.32. The first-order valence-electron chi connectivity index (χ1n) is 9.33. The smallest absolute Gasteiger partial charge is 0.248 e. The van der Waals surface area contributed by atoms with Crippen molar-refractivity contribution in [3.63, 3.8) is 0 Å². The first kappa shape index (κ1) is 20.5. The largest absolute Gasteiger partial charge is 0.495 e. The Morgan fingerprint density at radius 1 is 0.968 bits per heavy atom. The van der Waals surface area contributed by atoms with E-state index in [4.69, 9.17) is 31.5 Å². The van der Waals surface area contributed by atoms with Crippen molar-refractivity contribution in [3.8, 4) is 23.1 Å². The Morgan fingerprint density at radius 3 is 2.55 bits per heavy atom. The third kappa shape index (κ3) is 4.10. The maximum Gasteiger partial charge on any atom is 0.248 e. The molecule has 0 aliphatic heterocycles. The fourth-order valence-electron chi connectivity index (χ4n) is 3.05. The number of rotatable bonds is 6. The Balaban J connectivity index is 1.69. The molecule has 0 atom stereocenters. The molecule has 2 aromatic heterocycles. The molecule has 3 N–H and O–H groups in total. The summed E-state index contributed by atoms with van der Waals surface area (Å²) in [7, 11) is 3.07. The Hall–Kier alpha value is -3.78. The zero-order chi connectivity index (χ0) is 22.0. The standard InChI is InChI=1S/C22H20ClN5O3/c1-12-7-8-13-5-4-6-16(20(13)27-12)31-22-19(24)21(25-11-26-22)28-15-9-14(23)17(29-2)10-18(15)30-3/h4-11H,24H2,1-3H3,(H,25,26,28). The summed E-state index contributed by atoms with van der Waals surface area (Å²) in [5.41, 5.74) is 8.69. The molecule has 0 amide bonds. The summed E-state index contributed by atoms with van der Waals surface area (Å²) in [6.45, 7) is 1.92. The monoisotopic (exact) mass is 437 g/mol. The minimum absolute atomic E-state index is 0.201. The predicted octanol–water partition coefficient (Wildman–Crippen LogP) is 5.12. The van der Waals surface area contributed by atoms with E-state index in [1.165, 1.54) is 13.4 Å². The highest BCUT2D eigenvalue weighted by atomic mass is 35.5. The fraction of sp³-hybridized carbons (Fsp3) is 0.136. The van der Waals surface area contributed by atoms with Gasteiger partial charge in [0.05, 0.1) is 24.9 Å². The van der Waals surface area contributed by atoms with Crippen LogP contribution >= 0.6 is 11.6 Å². The van der Waals surface area contributed by atoms with Crippen molar-refractivity contribution in [1.29, 1.82) is 0 Å². The Bertz CT molecular complexity index is 1270. The van der Waals surface area contributed by atoms with Crippen molar-refractivity contribution < 1.29 is 14.2 Å². The average molecular weight is 438 g/mol. The van der Waals surface area contributed by atoms with Crippen LogP contribution in [0.2, 0.25) is 5.02 Å². The van der Waals surface area contributed by atoms with E-state index in [2.05, 4.69) is 20.3 Å². The van der Waals surface area contributed by atoms with E-state index >= 15 is 0 Å². The highest BCUT2D eigenvalue weighted by Crippen LogP contribution is 2.39. The second-order valence-corrected chi connectivity index (χ2v) is 7.04. The number of fused-ring (bicyclic) bond motifs is 1. The zero-order valence-corrected chi connectivity index (χ0v) is 17.9. The third-order valence-electron chi connectivity index (χ3n) is 4.60. The van der Waals surface area contributed by atoms with Crippen LogP contribution in [-0.4, -0.2) is 29.2 Å². The topological polar surface area (TPSA) is 104 Å². The number of aryl methyl sites for hydroxylation is 1. The van der Waals surface area contributed by atoms with Crippen molar-refractivity contribution in [3.05, 3.63) is 59.5 Å². The molecule has 0 spiro atoms. The van der Waals surface area contributed by atoms with E-state index in [1.807, 2.05) is 37.3 Å². The molecular weight excluding hydrogens is 418 g/mol. The lowest BCUT2D eigenvalue weighted by molar-refractivity contribution is 0.396. The molecule has 31 heavy (non-hydrogen) atoms. The van der Waals surface area contributed by atoms with Crippen LogP contribution in [0, 0.1) is 6.92 Å². The number of halogens is 1. The highest BCUT2D eigenvalue weighted by Gasteiger charge is 2.16. The molecule has 2 aromatic carbocycles. The van der Waals surface area contributed by atoms with Gasteiger partial charge in [-0.15, -0.1) is 0 Å². The lowest BCUT2D eigenvalue weighted by Crippen LogP contribution is -2.04. The molecule has 0 saturated carbocycles. The van der Waals surface area contributed by atoms with Gasteiger partial charge in [-0.2, -0.15) is 4.98 Å². The number of ether oxygens (including phenoxy) is 3. The molecule has 4 rings (SSSR count). The van der Waals surface area contributed by atoms with Crippen LogP contribution in [0.4, 0.5) is 17.2 Å². The van der Waals surface area contributed by atoms with Crippen LogP contribution in [0.15, 0.2) is 48.8 Å². The third-order valence-corrected chi connectivity index (χ3v) is 4.90. The molecule has 8 nitrogen and oxygen atoms in total. The van der Waals surface area contributed by atoms with Crippen molar-refractivity contribution in [2.75, 3.05) is 25.3 Å². The molecule has 0 saturated heterocycles. The van der Waals surface area contributed by atoms with Crippen molar-refractivity contribution in [2.45, 2.75) is 6.92 Å². The lowest BCUT2D eigenvalue weighted by Gasteiger charge is -2.15. The molecule has 0 fully saturated rings. The molecule has 4 aromatic rings. The Kier molecular flexibility index (Phi) is 5.64. The summed E-state index contributed by atoms with van der Waals surface area (Å²) >= 11 is 6.26. The van der Waals surface area contributed by atoms with E-state index in [9.17, 15) is 0 Å². The quantitative estimate of drug-likeness (QED) is 0.428. The van der Waals surface area contributed by atoms with Crippen molar-refractivity contribution >= 4 is 39.7 Å². The number of nitrogens with one attached hydrogen (secondary N) is 1. The van der Waals surface area contributed by atoms with Crippen LogP contribution < -0.4 is 25.3 Å². The lowest BCUT2D eigenvalue weighted by atomic mass is 10.2. The van der Waals surface area contributed by atoms with E-state index in [0.29, 0.717) is 33.8 Å². The molecule has 0 bridgehead atoms. The van der Waals surface area contributed by atoms with Crippen molar-refractivity contribution in [1.82, 2.24) is 15.0 Å². The molecule has 0 radical (unpaired) electrons. The summed E-state index contributed by atoms with van der Waals surface area (Å²) < 4.78 is 16.7. The molecular formula is C22H20ClN5O3. The van der Waals surface area contributed by atoms with Gasteiger partial charge in [-0.05, 0) is 25.1 Å². The number of nitrogens with two attached hydrogens (primary N) is 1. The van der Waals surface area contributed by atoms with Gasteiger partial charge in [0.15, 0.2) is 11.6 Å². The minimum atomic E-state index is 0.201. The summed E-state index contributed by atoms with van der Waals surface area (Å²) in [4.78, 5) is 13.0. The van der Waals surface area contributed by atoms with Crippen LogP contribution in [0.3, 0.4) is 0 Å². The summed E-state index contributed by atoms with van der Waals surface area (Å²) in [6.07, 6.45) is 1.36. The molecule has 158 valence electrons. The normalized spacial score (nSPS) is 10.7. The van der Waals surface area contributed by atoms with E-state index in [-0.39, 0.29) is 11.6 Å². The number of pyridine rings is 1. The molecule has 2 heterocycles. The van der Waals surface area contributed by atoms with Gasteiger partial charge in [-0.1, -0.05) is 29.8 Å². The number of para-hydroxylation sites is 1. The number of benzene rings is 2. The maximum atomic E-state index is 6.31. The van der Waals surface area contributed by atoms with E-state index in [0.717, 1.165) is 16.6 Å². The average Bonchev–Trinajstić information content (AvgIpc) is 2.77. The Morgan fingerprint density at radius 2 is 1.77 bits per heavy atom. The zero-order valence-electron chi connectivity index (χ0n) is 17.1. The number of anilines is 3. The fourth-order valence-corrected chi connectivity index (χ4v) is 3.29. The first-order chi connectivity index (χ1) is 15.0.